The van der Waals surface area contributed by atoms with Crippen molar-refractivity contribution in [2.45, 2.75) is 125 Å². The third-order valence-corrected chi connectivity index (χ3v) is 14.5. The van der Waals surface area contributed by atoms with Crippen LogP contribution in [0.1, 0.15) is 100 Å². The van der Waals surface area contributed by atoms with Gasteiger partial charge in [-0.15, -0.1) is 0 Å². The van der Waals surface area contributed by atoms with Gasteiger partial charge in [0.05, 0.1) is 30.8 Å². The fourth-order valence-corrected chi connectivity index (χ4v) is 11.5. The summed E-state index contributed by atoms with van der Waals surface area (Å²) in [5.41, 5.74) is -1.25. The number of aliphatic hydroxyl groups excluding tert-OH is 5. The summed E-state index contributed by atoms with van der Waals surface area (Å²) in [5, 5.41) is 56.6. The molecule has 0 aromatic carbocycles. The van der Waals surface area contributed by atoms with Crippen molar-refractivity contribution < 1.29 is 35.1 Å². The van der Waals surface area contributed by atoms with E-state index in [0.717, 1.165) is 25.7 Å². The molecule has 5 rings (SSSR count). The van der Waals surface area contributed by atoms with Crippen LogP contribution in [0.25, 0.3) is 0 Å². The highest BCUT2D eigenvalue weighted by atomic mass is 16.6. The third kappa shape index (κ3) is 3.92. The average molecular weight is 589 g/mol. The van der Waals surface area contributed by atoms with Gasteiger partial charge in [0.15, 0.2) is 0 Å². The predicted octanol–water partition coefficient (Wildman–Crippen LogP) is 4.54. The van der Waals surface area contributed by atoms with Crippen LogP contribution in [0.3, 0.4) is 0 Å². The molecule has 0 spiro atoms. The molecule has 0 aromatic rings. The number of hydrogen-bond donors (Lipinski definition) is 5. The summed E-state index contributed by atoms with van der Waals surface area (Å²) in [6.07, 6.45) is 5.72. The van der Waals surface area contributed by atoms with Crippen molar-refractivity contribution in [3.05, 3.63) is 23.3 Å². The Kier molecular flexibility index (Phi) is 7.76. The van der Waals surface area contributed by atoms with Gasteiger partial charge in [-0.05, 0) is 92.8 Å². The van der Waals surface area contributed by atoms with E-state index in [2.05, 4.69) is 33.8 Å². The number of aliphatic hydroxyl groups is 5. The van der Waals surface area contributed by atoms with Crippen LogP contribution in [0.2, 0.25) is 0 Å². The maximum Gasteiger partial charge on any atom is 0.333 e. The minimum absolute atomic E-state index is 0.0255. The van der Waals surface area contributed by atoms with Gasteiger partial charge in [-0.2, -0.15) is 0 Å². The zero-order valence-corrected chi connectivity index (χ0v) is 27.1. The molecule has 0 bridgehead atoms. The van der Waals surface area contributed by atoms with Crippen LogP contribution in [-0.2, 0) is 9.53 Å². The molecule has 12 atom stereocenters. The highest BCUT2D eigenvalue weighted by Crippen LogP contribution is 2.75. The van der Waals surface area contributed by atoms with Crippen molar-refractivity contribution in [2.75, 3.05) is 13.2 Å². The molecule has 1 unspecified atom stereocenters. The highest BCUT2D eigenvalue weighted by molar-refractivity contribution is 5.87. The molecular weight excluding hydrogens is 532 g/mol. The lowest BCUT2D eigenvalue weighted by Gasteiger charge is -2.72. The lowest BCUT2D eigenvalue weighted by atomic mass is 9.33. The molecule has 0 aromatic heterocycles. The molecule has 5 aliphatic rings. The van der Waals surface area contributed by atoms with E-state index in [1.807, 2.05) is 13.8 Å². The van der Waals surface area contributed by atoms with Gasteiger partial charge in [-0.3, -0.25) is 0 Å². The van der Waals surface area contributed by atoms with Crippen LogP contribution in [0, 0.1) is 50.2 Å². The average Bonchev–Trinajstić information content (AvgIpc) is 2.93. The number of rotatable bonds is 4. The van der Waals surface area contributed by atoms with Crippen molar-refractivity contribution >= 4 is 5.97 Å². The first-order valence-corrected chi connectivity index (χ1v) is 16.2. The second-order valence-corrected chi connectivity index (χ2v) is 16.5. The Balaban J connectivity index is 1.58. The number of carbonyl (C=O) groups is 1. The summed E-state index contributed by atoms with van der Waals surface area (Å²) in [4.78, 5) is 12.9. The molecule has 5 N–H and O–H groups in total. The number of ether oxygens (including phenoxy) is 1. The second kappa shape index (κ2) is 10.1. The van der Waals surface area contributed by atoms with Crippen LogP contribution < -0.4 is 0 Å². The predicted molar refractivity (Wildman–Crippen MR) is 161 cm³/mol. The van der Waals surface area contributed by atoms with E-state index in [1.165, 1.54) is 5.57 Å². The quantitative estimate of drug-likeness (QED) is 0.185. The van der Waals surface area contributed by atoms with Crippen LogP contribution in [0.5, 0.6) is 0 Å². The number of allylic oxidation sites excluding steroid dienone is 3. The first-order valence-electron chi connectivity index (χ1n) is 16.2. The Bertz CT molecular complexity index is 1160. The van der Waals surface area contributed by atoms with Crippen LogP contribution >= 0.6 is 0 Å². The maximum atomic E-state index is 12.9. The van der Waals surface area contributed by atoms with E-state index in [9.17, 15) is 30.3 Å². The summed E-state index contributed by atoms with van der Waals surface area (Å²) in [6, 6.07) is 0. The Labute approximate surface area is 252 Å². The molecule has 7 nitrogen and oxygen atoms in total. The van der Waals surface area contributed by atoms with Crippen molar-refractivity contribution in [3.63, 3.8) is 0 Å². The monoisotopic (exact) mass is 588 g/mol. The van der Waals surface area contributed by atoms with E-state index in [-0.39, 0.29) is 34.7 Å². The summed E-state index contributed by atoms with van der Waals surface area (Å²) < 4.78 is 5.93. The van der Waals surface area contributed by atoms with Gasteiger partial charge >= 0.3 is 5.97 Å². The van der Waals surface area contributed by atoms with Gasteiger partial charge in [-0.25, -0.2) is 4.79 Å². The Morgan fingerprint density at radius 3 is 2.21 bits per heavy atom. The number of esters is 1. The summed E-state index contributed by atoms with van der Waals surface area (Å²) >= 11 is 0. The minimum atomic E-state index is -1.23. The largest absolute Gasteiger partial charge is 0.456 e. The van der Waals surface area contributed by atoms with Gasteiger partial charge < -0.3 is 30.3 Å². The number of carbonyl (C=O) groups excluding carboxylic acids is 1. The van der Waals surface area contributed by atoms with Gasteiger partial charge in [0.1, 0.15) is 12.2 Å². The van der Waals surface area contributed by atoms with Crippen molar-refractivity contribution in [2.24, 2.45) is 50.2 Å². The Hall–Kier alpha value is -1.25. The molecule has 7 heteroatoms. The maximum absolute atomic E-state index is 12.9. The lowest BCUT2D eigenvalue weighted by molar-refractivity contribution is -0.262. The molecule has 4 fully saturated rings. The topological polar surface area (TPSA) is 127 Å². The number of fused-ring (bicyclic) bond motifs is 7. The molecule has 0 radical (unpaired) electrons. The van der Waals surface area contributed by atoms with Crippen molar-refractivity contribution in [1.29, 1.82) is 0 Å². The molecule has 0 saturated heterocycles. The van der Waals surface area contributed by atoms with E-state index in [1.54, 1.807) is 19.9 Å². The summed E-state index contributed by atoms with van der Waals surface area (Å²) in [7, 11) is 0. The van der Waals surface area contributed by atoms with E-state index in [0.29, 0.717) is 30.8 Å². The van der Waals surface area contributed by atoms with Crippen molar-refractivity contribution in [1.82, 2.24) is 0 Å². The van der Waals surface area contributed by atoms with Gasteiger partial charge in [0, 0.05) is 16.4 Å². The molecule has 4 saturated carbocycles. The minimum Gasteiger partial charge on any atom is -0.456 e. The van der Waals surface area contributed by atoms with Crippen LogP contribution in [-0.4, -0.2) is 69.1 Å². The molecule has 0 heterocycles. The molecule has 0 aliphatic heterocycles. The van der Waals surface area contributed by atoms with Gasteiger partial charge in [0.25, 0.3) is 0 Å². The fraction of sp³-hybridized carbons (Fsp3) is 0.857. The molecule has 42 heavy (non-hydrogen) atoms. The third-order valence-electron chi connectivity index (χ3n) is 14.5. The fourth-order valence-electron chi connectivity index (χ4n) is 11.5. The zero-order valence-electron chi connectivity index (χ0n) is 27.1. The lowest BCUT2D eigenvalue weighted by Crippen LogP contribution is -2.72. The first-order chi connectivity index (χ1) is 19.4. The normalized spacial score (nSPS) is 51.8. The molecular formula is C35H56O7. The number of hydrogen-bond acceptors (Lipinski definition) is 7. The van der Waals surface area contributed by atoms with E-state index in [4.69, 9.17) is 4.74 Å². The van der Waals surface area contributed by atoms with E-state index < -0.39 is 53.2 Å². The standard InChI is InChI=1S/C35H56O7/c1-9-20(2)29(41)42-28-27(40)35(19-37)22(16-30(28,3)4)21-10-11-24-31(5)14-13-25(38)32(6,18-36)23(31)12-15-33(24,7)34(21,8)17-26(35)39/h9-10,22-28,36-40H,11-19H2,1-8H3/b20-9+/t22-,23+,24+,25-,26+,27-,28?,31-,32+,33+,34+,35-/m0/s1. The van der Waals surface area contributed by atoms with Crippen molar-refractivity contribution in [3.8, 4) is 0 Å². The highest BCUT2D eigenvalue weighted by Gasteiger charge is 2.72. The second-order valence-electron chi connectivity index (χ2n) is 16.5. The Morgan fingerprint density at radius 2 is 1.62 bits per heavy atom. The molecule has 0 amide bonds. The van der Waals surface area contributed by atoms with Crippen LogP contribution in [0.4, 0.5) is 0 Å². The first kappa shape index (κ1) is 32.2. The van der Waals surface area contributed by atoms with Gasteiger partial charge in [0.2, 0.25) is 0 Å². The van der Waals surface area contributed by atoms with Crippen LogP contribution in [0.15, 0.2) is 23.3 Å². The molecule has 5 aliphatic carbocycles. The smallest absolute Gasteiger partial charge is 0.333 e. The zero-order chi connectivity index (χ0) is 31.3. The summed E-state index contributed by atoms with van der Waals surface area (Å²) in [5.74, 6) is -0.241. The summed E-state index contributed by atoms with van der Waals surface area (Å²) in [6.45, 7) is 16.2. The van der Waals surface area contributed by atoms with E-state index >= 15 is 0 Å². The Morgan fingerprint density at radius 1 is 0.952 bits per heavy atom. The molecule has 238 valence electrons. The van der Waals surface area contributed by atoms with Gasteiger partial charge in [-0.1, -0.05) is 59.3 Å². The SMILES string of the molecule is C/C=C(\C)C(=O)OC1[C@H](O)[C@]2(CO)[C@H](O)C[C@]3(C)C(=CC[C@@H]4[C@@]5(C)CC[C@H](O)[C@](C)(CO)[C@@H]5CC[C@]43C)[C@@H]2CC1(C)C.